The van der Waals surface area contributed by atoms with Gasteiger partial charge < -0.3 is 14.2 Å². The molecule has 0 aliphatic heterocycles. The first-order valence-electron chi connectivity index (χ1n) is 7.58. The summed E-state index contributed by atoms with van der Waals surface area (Å²) < 4.78 is 34.1. The van der Waals surface area contributed by atoms with Crippen LogP contribution in [0.4, 0.5) is 0 Å². The Morgan fingerprint density at radius 2 is 1.30 bits per heavy atom. The summed E-state index contributed by atoms with van der Waals surface area (Å²) in [5.74, 6) is 0.813. The van der Waals surface area contributed by atoms with E-state index in [0.29, 0.717) is 6.61 Å². The second-order valence-electron chi connectivity index (χ2n) is 5.29. The zero-order valence-corrected chi connectivity index (χ0v) is 13.7. The van der Waals surface area contributed by atoms with Crippen molar-refractivity contribution in [3.63, 3.8) is 0 Å². The number of hydrogen-bond donors (Lipinski definition) is 1. The standard InChI is InChI=1S/C14H30O.H2O4S/c1-3-4-5-6-7-8-9-11-14(2)12-10-13-15;1-5(2,3)4/h14-15H,3-13H2,1-2H3;(H2,1,2,3,4)/p-2. The molecule has 5 nitrogen and oxygen atoms in total. The van der Waals surface area contributed by atoms with Crippen LogP contribution in [0.2, 0.25) is 0 Å². The molecule has 0 aliphatic carbocycles. The summed E-state index contributed by atoms with van der Waals surface area (Å²) in [5, 5.41) is 8.71. The van der Waals surface area contributed by atoms with Gasteiger partial charge in [-0.05, 0) is 18.8 Å². The fourth-order valence-corrected chi connectivity index (χ4v) is 2.03. The molecule has 0 fully saturated rings. The number of aliphatic hydroxyl groups excluding tert-OH is 1. The number of hydrogen-bond acceptors (Lipinski definition) is 5. The molecule has 0 saturated carbocycles. The van der Waals surface area contributed by atoms with Crippen molar-refractivity contribution in [1.29, 1.82) is 0 Å². The third-order valence-corrected chi connectivity index (χ3v) is 3.16. The Kier molecular flexibility index (Phi) is 16.8. The highest BCUT2D eigenvalue weighted by molar-refractivity contribution is 7.79. The maximum Gasteiger partial charge on any atom is 0.0431 e. The molecule has 0 aromatic rings. The van der Waals surface area contributed by atoms with Crippen molar-refractivity contribution >= 4 is 10.4 Å². The van der Waals surface area contributed by atoms with E-state index in [2.05, 4.69) is 13.8 Å². The predicted octanol–water partition coefficient (Wildman–Crippen LogP) is 3.20. The van der Waals surface area contributed by atoms with E-state index in [1.165, 1.54) is 57.8 Å². The van der Waals surface area contributed by atoms with E-state index in [1.54, 1.807) is 0 Å². The molecule has 0 heterocycles. The lowest BCUT2D eigenvalue weighted by molar-refractivity contribution is 0.270. The lowest BCUT2D eigenvalue weighted by atomic mass is 9.98. The average molecular weight is 310 g/mol. The smallest absolute Gasteiger partial charge is 0.0431 e. The normalized spacial score (nSPS) is 12.7. The van der Waals surface area contributed by atoms with Crippen molar-refractivity contribution in [2.75, 3.05) is 6.61 Å². The SMILES string of the molecule is CCCCCCCCCC(C)CCCO.O=S(=O)([O-])[O-]. The van der Waals surface area contributed by atoms with Crippen molar-refractivity contribution in [2.24, 2.45) is 5.92 Å². The quantitative estimate of drug-likeness (QED) is 0.359. The summed E-state index contributed by atoms with van der Waals surface area (Å²) in [7, 11) is -5.17. The van der Waals surface area contributed by atoms with Crippen LogP contribution in [-0.2, 0) is 10.4 Å². The molecule has 0 amide bonds. The van der Waals surface area contributed by atoms with Crippen LogP contribution in [0.1, 0.15) is 78.1 Å². The average Bonchev–Trinajstić information content (AvgIpc) is 2.33. The Morgan fingerprint density at radius 1 is 0.900 bits per heavy atom. The zero-order chi connectivity index (χ0) is 15.9. The summed E-state index contributed by atoms with van der Waals surface area (Å²) in [6.45, 7) is 4.94. The van der Waals surface area contributed by atoms with Crippen LogP contribution in [-0.4, -0.2) is 29.2 Å². The lowest BCUT2D eigenvalue weighted by Crippen LogP contribution is -1.96. The third kappa shape index (κ3) is 30.7. The van der Waals surface area contributed by atoms with Gasteiger partial charge in [0.15, 0.2) is 0 Å². The highest BCUT2D eigenvalue weighted by Gasteiger charge is 2.00. The molecule has 0 rings (SSSR count). The summed E-state index contributed by atoms with van der Waals surface area (Å²) in [4.78, 5) is 0. The van der Waals surface area contributed by atoms with Gasteiger partial charge in [-0.3, -0.25) is 8.42 Å². The van der Waals surface area contributed by atoms with E-state index in [4.69, 9.17) is 22.6 Å². The molecule has 0 radical (unpaired) electrons. The molecule has 0 spiro atoms. The number of aliphatic hydroxyl groups is 1. The van der Waals surface area contributed by atoms with Crippen LogP contribution >= 0.6 is 0 Å². The molecular weight excluding hydrogens is 280 g/mol. The van der Waals surface area contributed by atoms with Crippen molar-refractivity contribution < 1.29 is 22.6 Å². The first-order valence-corrected chi connectivity index (χ1v) is 8.92. The molecule has 0 aromatic heterocycles. The van der Waals surface area contributed by atoms with Crippen LogP contribution in [0.15, 0.2) is 0 Å². The highest BCUT2D eigenvalue weighted by atomic mass is 32.3. The van der Waals surface area contributed by atoms with Crippen LogP contribution in [0.5, 0.6) is 0 Å². The summed E-state index contributed by atoms with van der Waals surface area (Å²) in [6.07, 6.45) is 13.4. The third-order valence-electron chi connectivity index (χ3n) is 3.16. The van der Waals surface area contributed by atoms with Crippen LogP contribution < -0.4 is 0 Å². The first kappa shape index (κ1) is 22.1. The number of rotatable bonds is 11. The van der Waals surface area contributed by atoms with Crippen LogP contribution in [0.3, 0.4) is 0 Å². The van der Waals surface area contributed by atoms with E-state index in [9.17, 15) is 0 Å². The topological polar surface area (TPSA) is 100 Å². The monoisotopic (exact) mass is 310 g/mol. The van der Waals surface area contributed by atoms with E-state index < -0.39 is 10.4 Å². The molecule has 1 unspecified atom stereocenters. The Labute approximate surface area is 124 Å². The van der Waals surface area contributed by atoms with Gasteiger partial charge in [-0.1, -0.05) is 65.2 Å². The Hall–Kier alpha value is -0.170. The molecule has 1 atom stereocenters. The van der Waals surface area contributed by atoms with E-state index >= 15 is 0 Å². The van der Waals surface area contributed by atoms with Gasteiger partial charge in [-0.15, -0.1) is 0 Å². The van der Waals surface area contributed by atoms with Gasteiger partial charge in [-0.2, -0.15) is 0 Å². The minimum atomic E-state index is -5.17. The second kappa shape index (κ2) is 15.2. The molecule has 124 valence electrons. The molecular formula is C14H30O5S-2. The zero-order valence-electron chi connectivity index (χ0n) is 12.8. The second-order valence-corrected chi connectivity index (χ2v) is 6.11. The van der Waals surface area contributed by atoms with Gasteiger partial charge in [0.25, 0.3) is 0 Å². The van der Waals surface area contributed by atoms with Crippen LogP contribution in [0, 0.1) is 5.92 Å². The highest BCUT2D eigenvalue weighted by Crippen LogP contribution is 2.15. The van der Waals surface area contributed by atoms with Crippen molar-refractivity contribution in [1.82, 2.24) is 0 Å². The molecule has 1 N–H and O–H groups in total. The van der Waals surface area contributed by atoms with Crippen molar-refractivity contribution in [2.45, 2.75) is 78.1 Å². The fraction of sp³-hybridized carbons (Fsp3) is 1.00. The molecule has 20 heavy (non-hydrogen) atoms. The predicted molar refractivity (Wildman–Crippen MR) is 78.6 cm³/mol. The molecule has 0 aromatic carbocycles. The Balaban J connectivity index is 0. The summed E-state index contributed by atoms with van der Waals surface area (Å²) in [6, 6.07) is 0. The Bertz CT molecular complexity index is 269. The van der Waals surface area contributed by atoms with E-state index in [1.807, 2.05) is 0 Å². The fourth-order valence-electron chi connectivity index (χ4n) is 2.03. The maximum absolute atomic E-state index is 8.71. The molecule has 0 saturated heterocycles. The molecule has 6 heteroatoms. The first-order chi connectivity index (χ1) is 9.31. The molecule has 0 aliphatic rings. The van der Waals surface area contributed by atoms with Gasteiger partial charge in [0.1, 0.15) is 0 Å². The van der Waals surface area contributed by atoms with E-state index in [-0.39, 0.29) is 0 Å². The summed E-state index contributed by atoms with van der Waals surface area (Å²) in [5.41, 5.74) is 0. The van der Waals surface area contributed by atoms with Crippen molar-refractivity contribution in [3.8, 4) is 0 Å². The lowest BCUT2D eigenvalue weighted by Gasteiger charge is -2.09. The van der Waals surface area contributed by atoms with Crippen LogP contribution in [0.25, 0.3) is 0 Å². The maximum atomic E-state index is 8.71. The van der Waals surface area contributed by atoms with E-state index in [0.717, 1.165) is 12.3 Å². The Morgan fingerprint density at radius 3 is 1.75 bits per heavy atom. The van der Waals surface area contributed by atoms with Crippen molar-refractivity contribution in [3.05, 3.63) is 0 Å². The minimum absolute atomic E-state index is 0.362. The van der Waals surface area contributed by atoms with Gasteiger partial charge in [0, 0.05) is 17.0 Å². The summed E-state index contributed by atoms with van der Waals surface area (Å²) >= 11 is 0. The van der Waals surface area contributed by atoms with Gasteiger partial charge in [0.2, 0.25) is 0 Å². The van der Waals surface area contributed by atoms with Gasteiger partial charge >= 0.3 is 0 Å². The minimum Gasteiger partial charge on any atom is -0.759 e. The van der Waals surface area contributed by atoms with Gasteiger partial charge in [-0.25, -0.2) is 0 Å². The molecule has 0 bridgehead atoms. The van der Waals surface area contributed by atoms with Gasteiger partial charge in [0.05, 0.1) is 0 Å². The number of unbranched alkanes of at least 4 members (excludes halogenated alkanes) is 6. The largest absolute Gasteiger partial charge is 0.759 e.